The van der Waals surface area contributed by atoms with Gasteiger partial charge < -0.3 is 10.6 Å². The Kier molecular flexibility index (Phi) is 5.50. The van der Waals surface area contributed by atoms with Gasteiger partial charge in [-0.3, -0.25) is 9.78 Å². The zero-order chi connectivity index (χ0) is 19.3. The van der Waals surface area contributed by atoms with Crippen LogP contribution in [-0.4, -0.2) is 15.9 Å². The largest absolute Gasteiger partial charge is 0.348 e. The van der Waals surface area contributed by atoms with Crippen LogP contribution >= 0.6 is 0 Å². The molecule has 0 spiro atoms. The summed E-state index contributed by atoms with van der Waals surface area (Å²) in [5.41, 5.74) is 3.90. The first-order valence-corrected chi connectivity index (χ1v) is 8.92. The summed E-state index contributed by atoms with van der Waals surface area (Å²) in [5.74, 6) is 0.546. The van der Waals surface area contributed by atoms with Crippen LogP contribution in [0.25, 0.3) is 0 Å². The molecule has 0 unspecified atom stereocenters. The minimum absolute atomic E-state index is 0.127. The molecule has 3 rings (SSSR count). The van der Waals surface area contributed by atoms with E-state index in [0.717, 1.165) is 11.3 Å². The lowest BCUT2D eigenvalue weighted by Gasteiger charge is -2.19. The van der Waals surface area contributed by atoms with Crippen LogP contribution < -0.4 is 10.6 Å². The summed E-state index contributed by atoms with van der Waals surface area (Å²) in [7, 11) is 0. The topological polar surface area (TPSA) is 66.9 Å². The second-order valence-corrected chi connectivity index (χ2v) is 7.42. The van der Waals surface area contributed by atoms with Crippen LogP contribution in [-0.2, 0) is 12.0 Å². The molecule has 3 aromatic rings. The van der Waals surface area contributed by atoms with Crippen LogP contribution in [0.2, 0.25) is 0 Å². The van der Waals surface area contributed by atoms with E-state index >= 15 is 0 Å². The molecule has 2 aromatic heterocycles. The van der Waals surface area contributed by atoms with Gasteiger partial charge in [-0.15, -0.1) is 0 Å². The Balaban J connectivity index is 1.59. The molecule has 0 saturated heterocycles. The van der Waals surface area contributed by atoms with Crippen LogP contribution in [0.1, 0.15) is 42.3 Å². The lowest BCUT2D eigenvalue weighted by atomic mass is 9.87. The Morgan fingerprint density at radius 3 is 2.26 bits per heavy atom. The predicted molar refractivity (Wildman–Crippen MR) is 108 cm³/mol. The summed E-state index contributed by atoms with van der Waals surface area (Å²) in [6.07, 6.45) is 4.99. The van der Waals surface area contributed by atoms with Crippen molar-refractivity contribution in [2.24, 2.45) is 0 Å². The van der Waals surface area contributed by atoms with Crippen LogP contribution in [0.5, 0.6) is 0 Å². The summed E-state index contributed by atoms with van der Waals surface area (Å²) < 4.78 is 0. The minimum atomic E-state index is -0.152. The average Bonchev–Trinajstić information content (AvgIpc) is 2.67. The number of carbonyl (C=O) groups excluding carboxylic acids is 1. The molecule has 1 aromatic carbocycles. The van der Waals surface area contributed by atoms with Crippen molar-refractivity contribution in [3.8, 4) is 0 Å². The molecule has 27 heavy (non-hydrogen) atoms. The highest BCUT2D eigenvalue weighted by atomic mass is 16.1. The number of rotatable bonds is 5. The number of amides is 1. The fourth-order valence-electron chi connectivity index (χ4n) is 2.59. The van der Waals surface area contributed by atoms with E-state index in [0.29, 0.717) is 17.9 Å². The van der Waals surface area contributed by atoms with E-state index in [1.165, 1.54) is 5.56 Å². The second kappa shape index (κ2) is 7.99. The quantitative estimate of drug-likeness (QED) is 0.705. The maximum Gasteiger partial charge on any atom is 0.253 e. The summed E-state index contributed by atoms with van der Waals surface area (Å²) in [4.78, 5) is 20.5. The Morgan fingerprint density at radius 1 is 0.963 bits per heavy atom. The molecule has 0 fully saturated rings. The number of hydrogen-bond acceptors (Lipinski definition) is 4. The predicted octanol–water partition coefficient (Wildman–Crippen LogP) is 4.45. The van der Waals surface area contributed by atoms with Crippen LogP contribution in [0.3, 0.4) is 0 Å². The number of pyridine rings is 2. The normalized spacial score (nSPS) is 11.1. The highest BCUT2D eigenvalue weighted by Gasteiger charge is 2.13. The van der Waals surface area contributed by atoms with Gasteiger partial charge in [0, 0.05) is 30.8 Å². The van der Waals surface area contributed by atoms with Crippen molar-refractivity contribution in [3.63, 3.8) is 0 Å². The van der Waals surface area contributed by atoms with E-state index in [4.69, 9.17) is 0 Å². The molecule has 0 saturated carbocycles. The number of benzene rings is 1. The zero-order valence-electron chi connectivity index (χ0n) is 15.9. The van der Waals surface area contributed by atoms with E-state index in [1.807, 2.05) is 24.3 Å². The fourth-order valence-corrected chi connectivity index (χ4v) is 2.59. The van der Waals surface area contributed by atoms with Crippen molar-refractivity contribution in [2.75, 3.05) is 5.32 Å². The Labute approximate surface area is 159 Å². The fraction of sp³-hybridized carbons (Fsp3) is 0.227. The van der Waals surface area contributed by atoms with E-state index in [9.17, 15) is 4.79 Å². The third-order valence-corrected chi connectivity index (χ3v) is 4.25. The third kappa shape index (κ3) is 5.14. The maximum atomic E-state index is 12.2. The standard InChI is InChI=1S/C22H24N4O/c1-22(2,3)18-5-7-19(8-6-18)26-20-9-4-17(15-24-20)21(27)25-14-16-10-12-23-13-11-16/h4-13,15H,14H2,1-3H3,(H,24,26)(H,25,27). The monoisotopic (exact) mass is 360 g/mol. The SMILES string of the molecule is CC(C)(C)c1ccc(Nc2ccc(C(=O)NCc3ccncc3)cn2)cc1. The van der Waals surface area contributed by atoms with Crippen LogP contribution in [0.15, 0.2) is 67.1 Å². The number of nitrogens with one attached hydrogen (secondary N) is 2. The van der Waals surface area contributed by atoms with E-state index in [1.54, 1.807) is 30.7 Å². The molecule has 5 heteroatoms. The van der Waals surface area contributed by atoms with Crippen molar-refractivity contribution in [2.45, 2.75) is 32.7 Å². The molecule has 0 aliphatic carbocycles. The molecule has 1 amide bonds. The van der Waals surface area contributed by atoms with Gasteiger partial charge >= 0.3 is 0 Å². The van der Waals surface area contributed by atoms with Gasteiger partial charge in [0.25, 0.3) is 5.91 Å². The highest BCUT2D eigenvalue weighted by Crippen LogP contribution is 2.24. The maximum absolute atomic E-state index is 12.2. The first-order chi connectivity index (χ1) is 12.9. The van der Waals surface area contributed by atoms with Crippen molar-refractivity contribution in [1.82, 2.24) is 15.3 Å². The third-order valence-electron chi connectivity index (χ3n) is 4.25. The molecular formula is C22H24N4O. The van der Waals surface area contributed by atoms with Crippen molar-refractivity contribution in [3.05, 3.63) is 83.8 Å². The van der Waals surface area contributed by atoms with E-state index in [-0.39, 0.29) is 11.3 Å². The number of nitrogens with zero attached hydrogens (tertiary/aromatic N) is 2. The molecule has 2 heterocycles. The molecule has 5 nitrogen and oxygen atoms in total. The Bertz CT molecular complexity index is 882. The first kappa shape index (κ1) is 18.6. The minimum Gasteiger partial charge on any atom is -0.348 e. The van der Waals surface area contributed by atoms with Gasteiger partial charge in [0.2, 0.25) is 0 Å². The lowest BCUT2D eigenvalue weighted by Crippen LogP contribution is -2.22. The lowest BCUT2D eigenvalue weighted by molar-refractivity contribution is 0.0950. The van der Waals surface area contributed by atoms with Gasteiger partial charge in [-0.25, -0.2) is 4.98 Å². The summed E-state index contributed by atoms with van der Waals surface area (Å²) >= 11 is 0. The van der Waals surface area contributed by atoms with Crippen molar-refractivity contribution in [1.29, 1.82) is 0 Å². The Hall–Kier alpha value is -3.21. The summed E-state index contributed by atoms with van der Waals surface area (Å²) in [6, 6.07) is 15.6. The molecule has 0 aliphatic heterocycles. The van der Waals surface area contributed by atoms with Crippen LogP contribution in [0, 0.1) is 0 Å². The van der Waals surface area contributed by atoms with Gasteiger partial charge in [0.15, 0.2) is 0 Å². The van der Waals surface area contributed by atoms with Gasteiger partial charge in [-0.1, -0.05) is 32.9 Å². The number of carbonyl (C=O) groups is 1. The average molecular weight is 360 g/mol. The molecule has 138 valence electrons. The Morgan fingerprint density at radius 2 is 1.67 bits per heavy atom. The summed E-state index contributed by atoms with van der Waals surface area (Å²) in [5, 5.41) is 6.13. The van der Waals surface area contributed by atoms with Gasteiger partial charge in [0.1, 0.15) is 5.82 Å². The van der Waals surface area contributed by atoms with E-state index < -0.39 is 0 Å². The highest BCUT2D eigenvalue weighted by molar-refractivity contribution is 5.94. The van der Waals surface area contributed by atoms with Crippen molar-refractivity contribution < 1.29 is 4.79 Å². The van der Waals surface area contributed by atoms with Gasteiger partial charge in [-0.2, -0.15) is 0 Å². The number of aromatic nitrogens is 2. The second-order valence-electron chi connectivity index (χ2n) is 7.42. The molecule has 0 radical (unpaired) electrons. The van der Waals surface area contributed by atoms with Crippen molar-refractivity contribution >= 4 is 17.4 Å². The van der Waals surface area contributed by atoms with Crippen LogP contribution in [0.4, 0.5) is 11.5 Å². The molecular weight excluding hydrogens is 336 g/mol. The van der Waals surface area contributed by atoms with E-state index in [2.05, 4.69) is 53.5 Å². The van der Waals surface area contributed by atoms with Gasteiger partial charge in [-0.05, 0) is 52.9 Å². The zero-order valence-corrected chi connectivity index (χ0v) is 15.9. The molecule has 0 aliphatic rings. The number of anilines is 2. The smallest absolute Gasteiger partial charge is 0.253 e. The molecule has 2 N–H and O–H groups in total. The van der Waals surface area contributed by atoms with Gasteiger partial charge in [0.05, 0.1) is 5.56 Å². The molecule has 0 atom stereocenters. The summed E-state index contributed by atoms with van der Waals surface area (Å²) in [6.45, 7) is 7.03. The number of hydrogen-bond donors (Lipinski definition) is 2. The molecule has 0 bridgehead atoms. The first-order valence-electron chi connectivity index (χ1n) is 8.92.